The topological polar surface area (TPSA) is 152 Å². The van der Waals surface area contributed by atoms with E-state index >= 15 is 0 Å². The Kier molecular flexibility index (Phi) is 6.59. The molecule has 15 heteroatoms. The maximum absolute atomic E-state index is 13.7. The van der Waals surface area contributed by atoms with Crippen molar-refractivity contribution in [2.75, 3.05) is 6.61 Å². The maximum Gasteiger partial charge on any atom is 0.194 e. The Labute approximate surface area is 210 Å². The van der Waals surface area contributed by atoms with Gasteiger partial charge in [0.05, 0.1) is 18.5 Å². The lowest BCUT2D eigenvalue weighted by atomic mass is 9.92. The van der Waals surface area contributed by atoms with Crippen molar-refractivity contribution in [3.05, 3.63) is 71.2 Å². The van der Waals surface area contributed by atoms with Crippen molar-refractivity contribution >= 4 is 11.6 Å². The van der Waals surface area contributed by atoms with Crippen LogP contribution in [0.25, 0.3) is 16.9 Å². The van der Waals surface area contributed by atoms with Gasteiger partial charge in [-0.2, -0.15) is 5.10 Å². The van der Waals surface area contributed by atoms with Gasteiger partial charge in [0.25, 0.3) is 0 Å². The van der Waals surface area contributed by atoms with Crippen LogP contribution in [-0.4, -0.2) is 75.1 Å². The molecule has 2 aromatic heterocycles. The third kappa shape index (κ3) is 4.53. The summed E-state index contributed by atoms with van der Waals surface area (Å²) in [6.45, 7) is -0.650. The highest BCUT2D eigenvalue weighted by Gasteiger charge is 2.48. The van der Waals surface area contributed by atoms with E-state index in [9.17, 15) is 33.6 Å². The highest BCUT2D eigenvalue weighted by Crippen LogP contribution is 2.38. The Hall–Kier alpha value is -3.56. The van der Waals surface area contributed by atoms with Crippen molar-refractivity contribution in [2.24, 2.45) is 0 Å². The van der Waals surface area contributed by atoms with E-state index in [1.165, 1.54) is 35.4 Å². The van der Waals surface area contributed by atoms with E-state index in [4.69, 9.17) is 16.3 Å². The van der Waals surface area contributed by atoms with Crippen LogP contribution in [0.5, 0.6) is 5.75 Å². The van der Waals surface area contributed by atoms with Gasteiger partial charge in [-0.05, 0) is 24.3 Å². The van der Waals surface area contributed by atoms with Crippen LogP contribution < -0.4 is 0 Å². The molecule has 37 heavy (non-hydrogen) atoms. The second kappa shape index (κ2) is 9.72. The summed E-state index contributed by atoms with van der Waals surface area (Å²) < 4.78 is 48.8. The van der Waals surface area contributed by atoms with Crippen LogP contribution >= 0.6 is 11.6 Å². The highest BCUT2D eigenvalue weighted by atomic mass is 35.5. The molecule has 0 aliphatic carbocycles. The minimum atomic E-state index is -1.64. The highest BCUT2D eigenvalue weighted by molar-refractivity contribution is 6.30. The van der Waals surface area contributed by atoms with Crippen molar-refractivity contribution in [1.82, 2.24) is 29.8 Å². The number of aromatic nitrogens is 6. The smallest absolute Gasteiger partial charge is 0.194 e. The molecule has 1 fully saturated rings. The zero-order valence-electron chi connectivity index (χ0n) is 18.5. The first kappa shape index (κ1) is 25.1. The molecule has 1 aliphatic heterocycles. The molecule has 3 heterocycles. The SMILES string of the molecule is OC[C@H]1O[C@@H](c2ncnn2-c2cc(O)cc(Cl)c2)[C@H](O)[C@@H](n2cc(-c3cc(F)c(F)c(F)c3)nn2)[C@H]1O. The molecule has 0 spiro atoms. The summed E-state index contributed by atoms with van der Waals surface area (Å²) >= 11 is 6.03. The Balaban J connectivity index is 1.52. The number of hydrogen-bond donors (Lipinski definition) is 4. The van der Waals surface area contributed by atoms with Crippen LogP contribution in [0.4, 0.5) is 13.2 Å². The number of rotatable bonds is 5. The number of phenolic OH excluding ortho intramolecular Hbond substituents is 1. The molecule has 5 rings (SSSR count). The van der Waals surface area contributed by atoms with Crippen LogP contribution in [0.15, 0.2) is 42.9 Å². The van der Waals surface area contributed by atoms with Crippen LogP contribution in [0.2, 0.25) is 5.02 Å². The van der Waals surface area contributed by atoms with Crippen LogP contribution in [-0.2, 0) is 4.74 Å². The summed E-state index contributed by atoms with van der Waals surface area (Å²) in [6.07, 6.45) is -3.18. The first-order chi connectivity index (χ1) is 17.7. The van der Waals surface area contributed by atoms with Crippen molar-refractivity contribution in [2.45, 2.75) is 30.5 Å². The van der Waals surface area contributed by atoms with Crippen LogP contribution in [0.3, 0.4) is 0 Å². The lowest BCUT2D eigenvalue weighted by Crippen LogP contribution is -2.53. The minimum absolute atomic E-state index is 0.0486. The van der Waals surface area contributed by atoms with Gasteiger partial charge in [0, 0.05) is 16.7 Å². The summed E-state index contributed by atoms with van der Waals surface area (Å²) in [5, 5.41) is 53.8. The van der Waals surface area contributed by atoms with Gasteiger partial charge in [-0.15, -0.1) is 5.10 Å². The summed E-state index contributed by atoms with van der Waals surface area (Å²) in [5.41, 5.74) is 0.0905. The molecule has 0 unspecified atom stereocenters. The fourth-order valence-corrected chi connectivity index (χ4v) is 4.43. The van der Waals surface area contributed by atoms with E-state index in [2.05, 4.69) is 20.4 Å². The van der Waals surface area contributed by atoms with Gasteiger partial charge in [-0.25, -0.2) is 27.5 Å². The zero-order chi connectivity index (χ0) is 26.4. The number of nitrogens with zero attached hydrogens (tertiary/aromatic N) is 6. The Morgan fingerprint density at radius 1 is 1.03 bits per heavy atom. The third-order valence-electron chi connectivity index (χ3n) is 5.93. The first-order valence-corrected chi connectivity index (χ1v) is 11.1. The van der Waals surface area contributed by atoms with Crippen LogP contribution in [0.1, 0.15) is 18.0 Å². The summed E-state index contributed by atoms with van der Waals surface area (Å²) in [4.78, 5) is 4.14. The van der Waals surface area contributed by atoms with E-state index in [0.717, 1.165) is 16.8 Å². The van der Waals surface area contributed by atoms with Gasteiger partial charge in [0.2, 0.25) is 0 Å². The van der Waals surface area contributed by atoms with E-state index in [0.29, 0.717) is 5.69 Å². The molecule has 4 aromatic rings. The van der Waals surface area contributed by atoms with Gasteiger partial charge >= 0.3 is 0 Å². The van der Waals surface area contributed by atoms with Gasteiger partial charge in [-0.1, -0.05) is 16.8 Å². The van der Waals surface area contributed by atoms with E-state index in [1.807, 2.05) is 0 Å². The summed E-state index contributed by atoms with van der Waals surface area (Å²) in [5.74, 6) is -4.60. The molecule has 194 valence electrons. The van der Waals surface area contributed by atoms with E-state index in [-0.39, 0.29) is 27.9 Å². The van der Waals surface area contributed by atoms with E-state index < -0.39 is 54.5 Å². The second-order valence-corrected chi connectivity index (χ2v) is 8.72. The van der Waals surface area contributed by atoms with Gasteiger partial charge in [-0.3, -0.25) is 0 Å². The molecule has 0 amide bonds. The zero-order valence-corrected chi connectivity index (χ0v) is 19.3. The lowest BCUT2D eigenvalue weighted by molar-refractivity contribution is -0.210. The molecule has 4 N–H and O–H groups in total. The molecule has 0 radical (unpaired) electrons. The Bertz CT molecular complexity index is 1410. The van der Waals surface area contributed by atoms with Crippen molar-refractivity contribution in [3.63, 3.8) is 0 Å². The largest absolute Gasteiger partial charge is 0.508 e. The maximum atomic E-state index is 13.7. The third-order valence-corrected chi connectivity index (χ3v) is 6.15. The molecule has 11 nitrogen and oxygen atoms in total. The number of phenols is 1. The number of aliphatic hydroxyl groups excluding tert-OH is 3. The minimum Gasteiger partial charge on any atom is -0.508 e. The number of aliphatic hydroxyl groups is 3. The van der Waals surface area contributed by atoms with Gasteiger partial charge in [0.15, 0.2) is 23.3 Å². The number of hydrogen-bond acceptors (Lipinski definition) is 9. The van der Waals surface area contributed by atoms with Crippen molar-refractivity contribution in [3.8, 4) is 22.7 Å². The van der Waals surface area contributed by atoms with Crippen molar-refractivity contribution < 1.29 is 38.3 Å². The first-order valence-electron chi connectivity index (χ1n) is 10.8. The molecule has 2 aromatic carbocycles. The molecular formula is C22H18ClF3N6O5. The molecule has 5 atom stereocenters. The molecule has 0 saturated carbocycles. The molecule has 0 bridgehead atoms. The van der Waals surface area contributed by atoms with Crippen molar-refractivity contribution in [1.29, 1.82) is 0 Å². The lowest BCUT2D eigenvalue weighted by Gasteiger charge is -2.41. The number of benzene rings is 2. The summed E-state index contributed by atoms with van der Waals surface area (Å²) in [7, 11) is 0. The van der Waals surface area contributed by atoms with Crippen LogP contribution in [0, 0.1) is 17.5 Å². The molecule has 1 aliphatic rings. The van der Waals surface area contributed by atoms with Gasteiger partial charge < -0.3 is 25.2 Å². The average molecular weight is 539 g/mol. The monoisotopic (exact) mass is 538 g/mol. The van der Waals surface area contributed by atoms with E-state index in [1.54, 1.807) is 0 Å². The molecule has 1 saturated heterocycles. The fourth-order valence-electron chi connectivity index (χ4n) is 4.21. The summed E-state index contributed by atoms with van der Waals surface area (Å²) in [6, 6.07) is 4.32. The molecular weight excluding hydrogens is 521 g/mol. The Morgan fingerprint density at radius 3 is 2.43 bits per heavy atom. The number of ether oxygens (including phenoxy) is 1. The standard InChI is InChI=1S/C22H18ClF3N6O5/c23-10-3-11(5-12(34)4-10)32-22(27-8-28-32)21-20(36)18(19(35)16(7-33)37-21)31-6-15(29-30-31)9-1-13(24)17(26)14(25)2-9/h1-6,8,16,18-21,33-36H,7H2/t16-,18+,19+,20-,21-/m1/s1. The normalized spacial score (nSPS) is 23.9. The van der Waals surface area contributed by atoms with Gasteiger partial charge in [0.1, 0.15) is 48.2 Å². The number of halogens is 4. The quantitative estimate of drug-likeness (QED) is 0.278. The average Bonchev–Trinajstić information content (AvgIpc) is 3.52. The predicted molar refractivity (Wildman–Crippen MR) is 119 cm³/mol. The number of aromatic hydroxyl groups is 1. The fraction of sp³-hybridized carbons (Fsp3) is 0.273. The second-order valence-electron chi connectivity index (χ2n) is 8.28. The Morgan fingerprint density at radius 2 is 1.76 bits per heavy atom. The predicted octanol–water partition coefficient (Wildman–Crippen LogP) is 1.70.